The summed E-state index contributed by atoms with van der Waals surface area (Å²) in [7, 11) is 0. The lowest BCUT2D eigenvalue weighted by molar-refractivity contribution is -0.138. The summed E-state index contributed by atoms with van der Waals surface area (Å²) < 4.78 is 0. The van der Waals surface area contributed by atoms with Gasteiger partial charge in [0.15, 0.2) is 0 Å². The third-order valence-corrected chi connectivity index (χ3v) is 5.36. The van der Waals surface area contributed by atoms with Crippen molar-refractivity contribution in [2.24, 2.45) is 0 Å². The number of benzene rings is 3. The number of hydrogen-bond donors (Lipinski definition) is 0. The van der Waals surface area contributed by atoms with Crippen LogP contribution in [0.3, 0.4) is 0 Å². The molecule has 0 saturated carbocycles. The SMILES string of the molecule is O=C1C(Cl)=C(N(Cc2ccccc2)Cc2ccccc2)C(=O)N1Cc1ccccc1. The van der Waals surface area contributed by atoms with Gasteiger partial charge in [-0.1, -0.05) is 103 Å². The Labute approximate surface area is 181 Å². The van der Waals surface area contributed by atoms with Gasteiger partial charge in [-0.05, 0) is 16.7 Å². The van der Waals surface area contributed by atoms with Gasteiger partial charge in [-0.15, -0.1) is 0 Å². The predicted octanol–water partition coefficient (Wildman–Crippen LogP) is 4.71. The van der Waals surface area contributed by atoms with Crippen molar-refractivity contribution in [1.29, 1.82) is 0 Å². The van der Waals surface area contributed by atoms with Crippen LogP contribution >= 0.6 is 11.6 Å². The topological polar surface area (TPSA) is 40.6 Å². The van der Waals surface area contributed by atoms with Crippen LogP contribution in [0.25, 0.3) is 0 Å². The highest BCUT2D eigenvalue weighted by Gasteiger charge is 2.40. The largest absolute Gasteiger partial charge is 0.357 e. The molecule has 30 heavy (non-hydrogen) atoms. The molecule has 0 saturated heterocycles. The molecule has 0 aliphatic carbocycles. The predicted molar refractivity (Wildman–Crippen MR) is 117 cm³/mol. The lowest BCUT2D eigenvalue weighted by Gasteiger charge is -2.26. The minimum absolute atomic E-state index is 0.0252. The number of hydrogen-bond acceptors (Lipinski definition) is 3. The molecule has 150 valence electrons. The quantitative estimate of drug-likeness (QED) is 0.524. The van der Waals surface area contributed by atoms with Crippen LogP contribution in [0.1, 0.15) is 16.7 Å². The molecule has 4 nitrogen and oxygen atoms in total. The van der Waals surface area contributed by atoms with Crippen LogP contribution in [0.15, 0.2) is 102 Å². The Morgan fingerprint density at radius 2 is 1.07 bits per heavy atom. The maximum atomic E-state index is 13.3. The Morgan fingerprint density at radius 3 is 1.53 bits per heavy atom. The smallest absolute Gasteiger partial charge is 0.279 e. The van der Waals surface area contributed by atoms with Crippen LogP contribution in [0.5, 0.6) is 0 Å². The van der Waals surface area contributed by atoms with E-state index in [1.54, 1.807) is 0 Å². The van der Waals surface area contributed by atoms with Gasteiger partial charge in [-0.3, -0.25) is 14.5 Å². The molecule has 5 heteroatoms. The Balaban J connectivity index is 1.64. The van der Waals surface area contributed by atoms with Gasteiger partial charge in [0.05, 0.1) is 6.54 Å². The summed E-state index contributed by atoms with van der Waals surface area (Å²) in [6.07, 6.45) is 0. The van der Waals surface area contributed by atoms with E-state index in [0.717, 1.165) is 16.7 Å². The van der Waals surface area contributed by atoms with E-state index in [0.29, 0.717) is 13.1 Å². The van der Waals surface area contributed by atoms with Gasteiger partial charge in [0, 0.05) is 13.1 Å². The first-order valence-electron chi connectivity index (χ1n) is 9.76. The molecule has 4 rings (SSSR count). The van der Waals surface area contributed by atoms with Crippen molar-refractivity contribution < 1.29 is 9.59 Å². The van der Waals surface area contributed by atoms with Gasteiger partial charge in [0.1, 0.15) is 10.7 Å². The number of carbonyl (C=O) groups excluding carboxylic acids is 2. The molecule has 0 radical (unpaired) electrons. The highest BCUT2D eigenvalue weighted by molar-refractivity contribution is 6.47. The molecular formula is C25H21ClN2O2. The Hall–Kier alpha value is -3.37. The second-order valence-corrected chi connectivity index (χ2v) is 7.55. The van der Waals surface area contributed by atoms with E-state index in [2.05, 4.69) is 0 Å². The van der Waals surface area contributed by atoms with Crippen LogP contribution in [-0.2, 0) is 29.2 Å². The molecule has 0 unspecified atom stereocenters. The zero-order valence-corrected chi connectivity index (χ0v) is 17.1. The molecule has 3 aromatic carbocycles. The summed E-state index contributed by atoms with van der Waals surface area (Å²) in [6, 6.07) is 29.1. The minimum Gasteiger partial charge on any atom is -0.357 e. The summed E-state index contributed by atoms with van der Waals surface area (Å²) in [4.78, 5) is 29.2. The van der Waals surface area contributed by atoms with Crippen molar-refractivity contribution >= 4 is 23.4 Å². The van der Waals surface area contributed by atoms with Crippen LogP contribution in [0, 0.1) is 0 Å². The van der Waals surface area contributed by atoms with E-state index in [4.69, 9.17) is 11.6 Å². The van der Waals surface area contributed by atoms with Gasteiger partial charge in [0.25, 0.3) is 11.8 Å². The fraction of sp³-hybridized carbons (Fsp3) is 0.120. The molecule has 0 spiro atoms. The lowest BCUT2D eigenvalue weighted by atomic mass is 10.1. The first-order valence-corrected chi connectivity index (χ1v) is 10.1. The van der Waals surface area contributed by atoms with Crippen LogP contribution in [0.2, 0.25) is 0 Å². The summed E-state index contributed by atoms with van der Waals surface area (Å²) in [5, 5.41) is -0.0252. The number of rotatable bonds is 7. The third kappa shape index (κ3) is 4.29. The molecule has 1 aliphatic rings. The number of imide groups is 1. The second-order valence-electron chi connectivity index (χ2n) is 7.17. The van der Waals surface area contributed by atoms with E-state index < -0.39 is 5.91 Å². The molecule has 0 aromatic heterocycles. The molecule has 3 aromatic rings. The van der Waals surface area contributed by atoms with Gasteiger partial charge in [-0.2, -0.15) is 0 Å². The molecule has 2 amide bonds. The van der Waals surface area contributed by atoms with E-state index in [1.807, 2.05) is 95.9 Å². The number of nitrogens with zero attached hydrogens (tertiary/aromatic N) is 2. The average molecular weight is 417 g/mol. The zero-order chi connectivity index (χ0) is 20.9. The van der Waals surface area contributed by atoms with Gasteiger partial charge < -0.3 is 4.90 Å². The fourth-order valence-electron chi connectivity index (χ4n) is 3.54. The van der Waals surface area contributed by atoms with Gasteiger partial charge in [0.2, 0.25) is 0 Å². The second kappa shape index (κ2) is 8.97. The average Bonchev–Trinajstić information content (AvgIpc) is 2.99. The van der Waals surface area contributed by atoms with Crippen molar-refractivity contribution in [3.63, 3.8) is 0 Å². The highest BCUT2D eigenvalue weighted by Crippen LogP contribution is 2.30. The lowest BCUT2D eigenvalue weighted by Crippen LogP contribution is -2.34. The van der Waals surface area contributed by atoms with Crippen molar-refractivity contribution in [3.8, 4) is 0 Å². The molecule has 0 N–H and O–H groups in total. The number of carbonyl (C=O) groups is 2. The molecular weight excluding hydrogens is 396 g/mol. The Kier molecular flexibility index (Phi) is 5.96. The summed E-state index contributed by atoms with van der Waals surface area (Å²) in [6.45, 7) is 1.14. The van der Waals surface area contributed by atoms with Crippen molar-refractivity contribution in [1.82, 2.24) is 9.80 Å². The van der Waals surface area contributed by atoms with E-state index in [1.165, 1.54) is 4.90 Å². The van der Waals surface area contributed by atoms with Gasteiger partial charge in [-0.25, -0.2) is 0 Å². The number of amides is 2. The first kappa shape index (κ1) is 19.9. The Bertz CT molecular complexity index is 1020. The van der Waals surface area contributed by atoms with Gasteiger partial charge >= 0.3 is 0 Å². The monoisotopic (exact) mass is 416 g/mol. The van der Waals surface area contributed by atoms with Crippen LogP contribution in [-0.4, -0.2) is 21.6 Å². The van der Waals surface area contributed by atoms with Crippen LogP contribution in [0.4, 0.5) is 0 Å². The molecule has 1 heterocycles. The van der Waals surface area contributed by atoms with E-state index >= 15 is 0 Å². The van der Waals surface area contributed by atoms with Crippen molar-refractivity contribution in [2.75, 3.05) is 0 Å². The third-order valence-electron chi connectivity index (χ3n) is 5.02. The molecule has 1 aliphatic heterocycles. The summed E-state index contributed by atoms with van der Waals surface area (Å²) in [5.74, 6) is -0.813. The fourth-order valence-corrected chi connectivity index (χ4v) is 3.84. The highest BCUT2D eigenvalue weighted by atomic mass is 35.5. The zero-order valence-electron chi connectivity index (χ0n) is 16.4. The van der Waals surface area contributed by atoms with E-state index in [9.17, 15) is 9.59 Å². The summed E-state index contributed by atoms with van der Waals surface area (Å²) in [5.41, 5.74) is 3.20. The molecule has 0 bridgehead atoms. The van der Waals surface area contributed by atoms with E-state index in [-0.39, 0.29) is 23.2 Å². The van der Waals surface area contributed by atoms with Crippen molar-refractivity contribution in [2.45, 2.75) is 19.6 Å². The van der Waals surface area contributed by atoms with Crippen LogP contribution < -0.4 is 0 Å². The van der Waals surface area contributed by atoms with Crippen molar-refractivity contribution in [3.05, 3.63) is 118 Å². The standard InChI is InChI=1S/C25H21ClN2O2/c26-22-23(25(30)28(24(22)29)18-21-14-8-3-9-15-21)27(16-19-10-4-1-5-11-19)17-20-12-6-2-7-13-20/h1-15H,16-18H2. The first-order chi connectivity index (χ1) is 14.6. The summed E-state index contributed by atoms with van der Waals surface area (Å²) >= 11 is 6.44. The molecule has 0 fully saturated rings. The number of halogens is 1. The molecule has 0 atom stereocenters. The minimum atomic E-state index is -0.452. The maximum absolute atomic E-state index is 13.3. The Morgan fingerprint density at radius 1 is 0.633 bits per heavy atom. The maximum Gasteiger partial charge on any atom is 0.279 e. The normalized spacial score (nSPS) is 13.8.